The van der Waals surface area contributed by atoms with Crippen molar-refractivity contribution in [2.75, 3.05) is 24.5 Å². The van der Waals surface area contributed by atoms with Crippen molar-refractivity contribution in [2.45, 2.75) is 25.7 Å². The maximum Gasteiger partial charge on any atom is 0.324 e. The van der Waals surface area contributed by atoms with Gasteiger partial charge in [-0.3, -0.25) is 4.90 Å². The maximum absolute atomic E-state index is 12.5. The summed E-state index contributed by atoms with van der Waals surface area (Å²) in [5.74, 6) is 0.987. The van der Waals surface area contributed by atoms with Gasteiger partial charge in [0.15, 0.2) is 0 Å². The van der Waals surface area contributed by atoms with Gasteiger partial charge in [-0.1, -0.05) is 29.8 Å². The van der Waals surface area contributed by atoms with E-state index < -0.39 is 11.1 Å². The molecule has 0 bridgehead atoms. The van der Waals surface area contributed by atoms with Gasteiger partial charge in [-0.05, 0) is 60.9 Å². The van der Waals surface area contributed by atoms with Crippen LogP contribution >= 0.6 is 15.9 Å². The number of rotatable bonds is 6. The van der Waals surface area contributed by atoms with E-state index in [0.717, 1.165) is 28.8 Å². The molecule has 5 nitrogen and oxygen atoms in total. The monoisotopic (exact) mass is 450 g/mol. The highest BCUT2D eigenvalue weighted by atomic mass is 79.9. The van der Waals surface area contributed by atoms with Crippen LogP contribution in [0.4, 0.5) is 10.5 Å². The fourth-order valence-electron chi connectivity index (χ4n) is 3.06. The normalized spacial score (nSPS) is 15.5. The van der Waals surface area contributed by atoms with E-state index in [0.29, 0.717) is 23.1 Å². The molecule has 1 heterocycles. The van der Waals surface area contributed by atoms with Crippen LogP contribution in [0, 0.1) is 12.8 Å². The van der Waals surface area contributed by atoms with Crippen molar-refractivity contribution in [3.8, 4) is 5.75 Å². The minimum absolute atomic E-state index is 0.0263. The summed E-state index contributed by atoms with van der Waals surface area (Å²) in [5, 5.41) is 0. The lowest BCUT2D eigenvalue weighted by atomic mass is 10.2. The van der Waals surface area contributed by atoms with Crippen LogP contribution in [0.1, 0.15) is 19.4 Å². The molecule has 2 aromatic rings. The number of urea groups is 1. The first-order chi connectivity index (χ1) is 12.8. The average molecular weight is 451 g/mol. The van der Waals surface area contributed by atoms with E-state index in [1.165, 1.54) is 0 Å². The Bertz CT molecular complexity index is 835. The summed E-state index contributed by atoms with van der Waals surface area (Å²) in [6.45, 7) is 8.32. The Balaban J connectivity index is 1.68. The van der Waals surface area contributed by atoms with Crippen molar-refractivity contribution < 1.29 is 13.2 Å². The zero-order chi connectivity index (χ0) is 19.6. The second-order valence-electron chi connectivity index (χ2n) is 7.05. The first-order valence-electron chi connectivity index (χ1n) is 8.87. The zero-order valence-corrected chi connectivity index (χ0v) is 18.0. The molecule has 0 aromatic heterocycles. The highest BCUT2D eigenvalue weighted by Gasteiger charge is 2.29. The number of hydrogen-bond acceptors (Lipinski definition) is 3. The Hall–Kier alpha value is -1.86. The van der Waals surface area contributed by atoms with Crippen LogP contribution in [-0.4, -0.2) is 34.8 Å². The zero-order valence-electron chi connectivity index (χ0n) is 15.6. The van der Waals surface area contributed by atoms with Crippen LogP contribution in [0.25, 0.3) is 0 Å². The molecular formula is C20H23BrN2O3S. The van der Waals surface area contributed by atoms with Crippen LogP contribution in [0.5, 0.6) is 5.75 Å². The molecular weight excluding hydrogens is 428 g/mol. The molecule has 27 heavy (non-hydrogen) atoms. The Morgan fingerprint density at radius 2 is 1.85 bits per heavy atom. The van der Waals surface area contributed by atoms with E-state index in [-0.39, 0.29) is 6.03 Å². The minimum atomic E-state index is -1.62. The van der Waals surface area contributed by atoms with Crippen molar-refractivity contribution in [2.24, 2.45) is 5.92 Å². The molecule has 0 saturated carbocycles. The molecule has 1 aliphatic rings. The second kappa shape index (κ2) is 8.44. The molecule has 0 radical (unpaired) electrons. The summed E-state index contributed by atoms with van der Waals surface area (Å²) in [7, 11) is 0. The third-order valence-corrected chi connectivity index (χ3v) is 5.67. The molecule has 1 fully saturated rings. The van der Waals surface area contributed by atoms with E-state index in [1.54, 1.807) is 23.1 Å². The third-order valence-electron chi connectivity index (χ3n) is 4.21. The lowest BCUT2D eigenvalue weighted by molar-refractivity contribution is 0.215. The van der Waals surface area contributed by atoms with Crippen LogP contribution < -0.4 is 9.08 Å². The van der Waals surface area contributed by atoms with Gasteiger partial charge in [-0.2, -0.15) is 0 Å². The molecule has 2 amide bonds. The molecule has 1 atom stereocenters. The Morgan fingerprint density at radius 1 is 1.15 bits per heavy atom. The predicted molar refractivity (Wildman–Crippen MR) is 112 cm³/mol. The van der Waals surface area contributed by atoms with Crippen LogP contribution in [0.2, 0.25) is 0 Å². The topological polar surface area (TPSA) is 49.9 Å². The van der Waals surface area contributed by atoms with Crippen LogP contribution in [0.3, 0.4) is 0 Å². The van der Waals surface area contributed by atoms with Crippen molar-refractivity contribution in [1.82, 2.24) is 4.90 Å². The number of benzene rings is 2. The number of carbonyl (C=O) groups is 1. The molecule has 3 rings (SSSR count). The molecule has 7 heteroatoms. The predicted octanol–water partition coefficient (Wildman–Crippen LogP) is 4.76. The average Bonchev–Trinajstić information content (AvgIpc) is 2.94. The molecule has 144 valence electrons. The molecule has 0 N–H and O–H groups in total. The Morgan fingerprint density at radius 3 is 2.48 bits per heavy atom. The standard InChI is InChI=1S/C20H23BrN2O3S/c1-14(2)13-22-8-9-23(20(22)24)17-4-6-19(7-5-17)27(25)26-18-11-15(3)10-16(21)12-18/h4-7,10-12,14H,8-9,13H2,1-3H3. The number of halogens is 1. The molecule has 1 unspecified atom stereocenters. The summed E-state index contributed by atoms with van der Waals surface area (Å²) in [4.78, 5) is 16.7. The fraction of sp³-hybridized carbons (Fsp3) is 0.350. The number of nitrogens with zero attached hydrogens (tertiary/aromatic N) is 2. The van der Waals surface area contributed by atoms with Gasteiger partial charge in [0.2, 0.25) is 11.1 Å². The van der Waals surface area contributed by atoms with E-state index >= 15 is 0 Å². The smallest absolute Gasteiger partial charge is 0.324 e. The van der Waals surface area contributed by atoms with Crippen molar-refractivity contribution in [3.05, 3.63) is 52.5 Å². The summed E-state index contributed by atoms with van der Waals surface area (Å²) in [6.07, 6.45) is 0. The van der Waals surface area contributed by atoms with Crippen molar-refractivity contribution >= 4 is 38.7 Å². The van der Waals surface area contributed by atoms with E-state index in [9.17, 15) is 9.00 Å². The number of carbonyl (C=O) groups excluding carboxylic acids is 1. The quantitative estimate of drug-likeness (QED) is 0.637. The van der Waals surface area contributed by atoms with Gasteiger partial charge >= 0.3 is 6.03 Å². The lowest BCUT2D eigenvalue weighted by Crippen LogP contribution is -2.34. The SMILES string of the molecule is Cc1cc(Br)cc(OS(=O)c2ccc(N3CCN(CC(C)C)C3=O)cc2)c1. The van der Waals surface area contributed by atoms with Gasteiger partial charge in [0.05, 0.1) is 4.90 Å². The third kappa shape index (κ3) is 4.90. The first-order valence-corrected chi connectivity index (χ1v) is 10.7. The summed E-state index contributed by atoms with van der Waals surface area (Å²) < 4.78 is 18.9. The van der Waals surface area contributed by atoms with Crippen molar-refractivity contribution in [1.29, 1.82) is 0 Å². The maximum atomic E-state index is 12.5. The summed E-state index contributed by atoms with van der Waals surface area (Å²) in [6, 6.07) is 12.7. The fourth-order valence-corrected chi connectivity index (χ4v) is 4.37. The van der Waals surface area contributed by atoms with Gasteiger partial charge in [0.1, 0.15) is 5.75 Å². The number of aryl methyl sites for hydroxylation is 1. The lowest BCUT2D eigenvalue weighted by Gasteiger charge is -2.20. The Labute approximate surface area is 171 Å². The first kappa shape index (κ1) is 19.9. The van der Waals surface area contributed by atoms with E-state index in [1.807, 2.05) is 36.1 Å². The summed E-state index contributed by atoms with van der Waals surface area (Å²) >= 11 is 1.79. The molecule has 0 aliphatic carbocycles. The van der Waals surface area contributed by atoms with Gasteiger partial charge in [0.25, 0.3) is 0 Å². The van der Waals surface area contributed by atoms with Crippen molar-refractivity contribution in [3.63, 3.8) is 0 Å². The number of hydrogen-bond donors (Lipinski definition) is 0. The summed E-state index contributed by atoms with van der Waals surface area (Å²) in [5.41, 5.74) is 1.83. The molecule has 0 spiro atoms. The largest absolute Gasteiger partial charge is 0.397 e. The number of anilines is 1. The highest BCUT2D eigenvalue weighted by molar-refractivity contribution is 9.10. The minimum Gasteiger partial charge on any atom is -0.397 e. The molecule has 1 saturated heterocycles. The van der Waals surface area contributed by atoms with Gasteiger partial charge in [0, 0.05) is 29.8 Å². The Kier molecular flexibility index (Phi) is 6.22. The van der Waals surface area contributed by atoms with Crippen LogP contribution in [0.15, 0.2) is 51.8 Å². The molecule has 2 aromatic carbocycles. The second-order valence-corrected chi connectivity index (χ2v) is 9.07. The number of amides is 2. The highest BCUT2D eigenvalue weighted by Crippen LogP contribution is 2.25. The van der Waals surface area contributed by atoms with Crippen LogP contribution in [-0.2, 0) is 11.1 Å². The van der Waals surface area contributed by atoms with E-state index in [2.05, 4.69) is 29.8 Å². The van der Waals surface area contributed by atoms with E-state index in [4.69, 9.17) is 4.18 Å². The molecule has 1 aliphatic heterocycles. The van der Waals surface area contributed by atoms with Gasteiger partial charge in [-0.15, -0.1) is 0 Å². The van der Waals surface area contributed by atoms with Gasteiger partial charge in [-0.25, -0.2) is 9.00 Å². The van der Waals surface area contributed by atoms with Gasteiger partial charge < -0.3 is 9.08 Å².